The molecule has 2 rings (SSSR count). The summed E-state index contributed by atoms with van der Waals surface area (Å²) in [6.45, 7) is 0.313. The van der Waals surface area contributed by atoms with Crippen LogP contribution in [0.15, 0.2) is 18.2 Å². The van der Waals surface area contributed by atoms with Crippen LogP contribution in [0.4, 0.5) is 4.39 Å². The van der Waals surface area contributed by atoms with E-state index in [9.17, 15) is 9.18 Å². The lowest BCUT2D eigenvalue weighted by Crippen LogP contribution is -2.25. The van der Waals surface area contributed by atoms with Crippen LogP contribution in [0.1, 0.15) is 5.82 Å². The maximum atomic E-state index is 12.9. The molecule has 1 aromatic heterocycles. The SMILES string of the molecule is CN(CC(=O)O)Cc1nc2ccc(F)cc2[nH]1. The lowest BCUT2D eigenvalue weighted by molar-refractivity contribution is -0.138. The van der Waals surface area contributed by atoms with Gasteiger partial charge in [-0.25, -0.2) is 9.37 Å². The summed E-state index contributed by atoms with van der Waals surface area (Å²) in [7, 11) is 1.68. The summed E-state index contributed by atoms with van der Waals surface area (Å²) in [4.78, 5) is 19.3. The Labute approximate surface area is 96.9 Å². The molecule has 1 aromatic carbocycles. The van der Waals surface area contributed by atoms with Crippen molar-refractivity contribution in [3.05, 3.63) is 29.8 Å². The van der Waals surface area contributed by atoms with Crippen molar-refractivity contribution >= 4 is 17.0 Å². The van der Waals surface area contributed by atoms with Gasteiger partial charge in [0.05, 0.1) is 24.1 Å². The van der Waals surface area contributed by atoms with Gasteiger partial charge in [0, 0.05) is 0 Å². The van der Waals surface area contributed by atoms with Crippen LogP contribution in [-0.4, -0.2) is 39.5 Å². The van der Waals surface area contributed by atoms with E-state index >= 15 is 0 Å². The summed E-state index contributed by atoms with van der Waals surface area (Å²) in [6, 6.07) is 4.29. The van der Waals surface area contributed by atoms with Gasteiger partial charge in [0.1, 0.15) is 11.6 Å². The number of nitrogens with zero attached hydrogens (tertiary/aromatic N) is 2. The van der Waals surface area contributed by atoms with Crippen LogP contribution in [0.2, 0.25) is 0 Å². The molecule has 0 unspecified atom stereocenters. The Balaban J connectivity index is 2.16. The highest BCUT2D eigenvalue weighted by molar-refractivity contribution is 5.75. The standard InChI is InChI=1S/C11H12FN3O2/c1-15(6-11(16)17)5-10-13-8-3-2-7(12)4-9(8)14-10/h2-4H,5-6H2,1H3,(H,13,14)(H,16,17). The maximum Gasteiger partial charge on any atom is 0.317 e. The molecule has 0 saturated carbocycles. The van der Waals surface area contributed by atoms with Crippen LogP contribution in [-0.2, 0) is 11.3 Å². The number of benzene rings is 1. The van der Waals surface area contributed by atoms with Gasteiger partial charge < -0.3 is 10.1 Å². The number of carbonyl (C=O) groups is 1. The summed E-state index contributed by atoms with van der Waals surface area (Å²) in [5.41, 5.74) is 1.29. The molecule has 0 bridgehead atoms. The number of hydrogen-bond acceptors (Lipinski definition) is 3. The third kappa shape index (κ3) is 2.79. The monoisotopic (exact) mass is 237 g/mol. The number of aromatic nitrogens is 2. The number of nitrogens with one attached hydrogen (secondary N) is 1. The smallest absolute Gasteiger partial charge is 0.317 e. The second kappa shape index (κ2) is 4.50. The van der Waals surface area contributed by atoms with E-state index in [0.29, 0.717) is 23.4 Å². The van der Waals surface area contributed by atoms with Crippen molar-refractivity contribution in [1.29, 1.82) is 0 Å². The molecule has 17 heavy (non-hydrogen) atoms. The van der Waals surface area contributed by atoms with Crippen LogP contribution in [0.3, 0.4) is 0 Å². The number of hydrogen-bond donors (Lipinski definition) is 2. The zero-order valence-corrected chi connectivity index (χ0v) is 9.27. The third-order valence-electron chi connectivity index (χ3n) is 2.32. The van der Waals surface area contributed by atoms with E-state index in [1.165, 1.54) is 12.1 Å². The Morgan fingerprint density at radius 1 is 1.59 bits per heavy atom. The van der Waals surface area contributed by atoms with E-state index in [1.807, 2.05) is 0 Å². The molecule has 0 amide bonds. The zero-order chi connectivity index (χ0) is 12.4. The second-order valence-electron chi connectivity index (χ2n) is 3.91. The van der Waals surface area contributed by atoms with Crippen LogP contribution in [0, 0.1) is 5.82 Å². The first kappa shape index (κ1) is 11.5. The molecule has 0 aliphatic rings. The molecule has 0 aliphatic heterocycles. The second-order valence-corrected chi connectivity index (χ2v) is 3.91. The molecule has 1 heterocycles. The molecule has 0 fully saturated rings. The van der Waals surface area contributed by atoms with E-state index in [-0.39, 0.29) is 12.4 Å². The summed E-state index contributed by atoms with van der Waals surface area (Å²) in [5.74, 6) is -0.601. The number of aliphatic carboxylic acids is 1. The first-order valence-corrected chi connectivity index (χ1v) is 5.09. The number of carboxylic acids is 1. The number of H-pyrrole nitrogens is 1. The molecule has 5 nitrogen and oxygen atoms in total. The van der Waals surface area contributed by atoms with Gasteiger partial charge in [-0.2, -0.15) is 0 Å². The number of likely N-dealkylation sites (N-methyl/N-ethyl adjacent to an activating group) is 1. The van der Waals surface area contributed by atoms with E-state index in [2.05, 4.69) is 9.97 Å². The van der Waals surface area contributed by atoms with E-state index in [0.717, 1.165) is 0 Å². The summed E-state index contributed by atoms with van der Waals surface area (Å²) in [6.07, 6.45) is 0. The van der Waals surface area contributed by atoms with Crippen LogP contribution >= 0.6 is 0 Å². The van der Waals surface area contributed by atoms with Crippen molar-refractivity contribution in [3.8, 4) is 0 Å². The van der Waals surface area contributed by atoms with E-state index in [1.54, 1.807) is 18.0 Å². The Morgan fingerprint density at radius 3 is 3.06 bits per heavy atom. The normalized spacial score (nSPS) is 11.2. The number of aromatic amines is 1. The van der Waals surface area contributed by atoms with Gasteiger partial charge in [-0.05, 0) is 25.2 Å². The minimum atomic E-state index is -0.894. The number of rotatable bonds is 4. The van der Waals surface area contributed by atoms with E-state index in [4.69, 9.17) is 5.11 Å². The fourth-order valence-corrected chi connectivity index (χ4v) is 1.65. The average Bonchev–Trinajstić information content (AvgIpc) is 2.57. The average molecular weight is 237 g/mol. The summed E-state index contributed by atoms with van der Waals surface area (Å²) >= 11 is 0. The highest BCUT2D eigenvalue weighted by Gasteiger charge is 2.08. The van der Waals surface area contributed by atoms with Crippen molar-refractivity contribution in [3.63, 3.8) is 0 Å². The summed E-state index contributed by atoms with van der Waals surface area (Å²) < 4.78 is 12.9. The van der Waals surface area contributed by atoms with Gasteiger partial charge in [-0.3, -0.25) is 9.69 Å². The number of fused-ring (bicyclic) bond motifs is 1. The first-order valence-electron chi connectivity index (χ1n) is 5.09. The van der Waals surface area contributed by atoms with E-state index < -0.39 is 5.97 Å². The molecule has 0 atom stereocenters. The molecule has 2 aromatic rings. The van der Waals surface area contributed by atoms with Crippen molar-refractivity contribution in [2.75, 3.05) is 13.6 Å². The topological polar surface area (TPSA) is 69.2 Å². The van der Waals surface area contributed by atoms with Crippen molar-refractivity contribution in [2.24, 2.45) is 0 Å². The number of halogens is 1. The minimum Gasteiger partial charge on any atom is -0.480 e. The van der Waals surface area contributed by atoms with Crippen molar-refractivity contribution in [1.82, 2.24) is 14.9 Å². The minimum absolute atomic E-state index is 0.0641. The molecule has 2 N–H and O–H groups in total. The highest BCUT2D eigenvalue weighted by atomic mass is 19.1. The number of imidazole rings is 1. The highest BCUT2D eigenvalue weighted by Crippen LogP contribution is 2.13. The molecule has 0 radical (unpaired) electrons. The van der Waals surface area contributed by atoms with Crippen LogP contribution < -0.4 is 0 Å². The van der Waals surface area contributed by atoms with Crippen LogP contribution in [0.5, 0.6) is 0 Å². The molecule has 90 valence electrons. The predicted octanol–water partition coefficient (Wildman–Crippen LogP) is 1.22. The van der Waals surface area contributed by atoms with Gasteiger partial charge in [0.15, 0.2) is 0 Å². The van der Waals surface area contributed by atoms with Gasteiger partial charge in [0.2, 0.25) is 0 Å². The zero-order valence-electron chi connectivity index (χ0n) is 9.27. The van der Waals surface area contributed by atoms with Gasteiger partial charge in [0.25, 0.3) is 0 Å². The maximum absolute atomic E-state index is 12.9. The Hall–Kier alpha value is -1.95. The largest absolute Gasteiger partial charge is 0.480 e. The van der Waals surface area contributed by atoms with Crippen LogP contribution in [0.25, 0.3) is 11.0 Å². The fourth-order valence-electron chi connectivity index (χ4n) is 1.65. The predicted molar refractivity (Wildman–Crippen MR) is 60.0 cm³/mol. The quantitative estimate of drug-likeness (QED) is 0.838. The Bertz CT molecular complexity index is 553. The fraction of sp³-hybridized carbons (Fsp3) is 0.273. The Kier molecular flexibility index (Phi) is 3.06. The lowest BCUT2D eigenvalue weighted by Gasteiger charge is -2.11. The molecular weight excluding hydrogens is 225 g/mol. The Morgan fingerprint density at radius 2 is 2.35 bits per heavy atom. The molecule has 0 saturated heterocycles. The molecule has 0 aliphatic carbocycles. The van der Waals surface area contributed by atoms with Crippen molar-refractivity contribution < 1.29 is 14.3 Å². The molecule has 0 spiro atoms. The van der Waals surface area contributed by atoms with Gasteiger partial charge >= 0.3 is 5.97 Å². The lowest BCUT2D eigenvalue weighted by atomic mass is 10.3. The first-order chi connectivity index (χ1) is 8.04. The van der Waals surface area contributed by atoms with Gasteiger partial charge in [-0.1, -0.05) is 0 Å². The number of carboxylic acid groups (broad SMARTS) is 1. The third-order valence-corrected chi connectivity index (χ3v) is 2.32. The molecule has 6 heteroatoms. The van der Waals surface area contributed by atoms with Crippen molar-refractivity contribution in [2.45, 2.75) is 6.54 Å². The van der Waals surface area contributed by atoms with Gasteiger partial charge in [-0.15, -0.1) is 0 Å². The molecular formula is C11H12FN3O2. The summed E-state index contributed by atoms with van der Waals surface area (Å²) in [5, 5.41) is 8.62.